The Morgan fingerprint density at radius 2 is 2.11 bits per heavy atom. The van der Waals surface area contributed by atoms with Crippen LogP contribution in [0.25, 0.3) is 0 Å². The molecule has 18 heavy (non-hydrogen) atoms. The first-order valence-corrected chi connectivity index (χ1v) is 5.21. The molecule has 7 heteroatoms. The minimum atomic E-state index is -1.45. The molecule has 0 aliphatic heterocycles. The molecule has 0 aromatic carbocycles. The van der Waals surface area contributed by atoms with Gasteiger partial charge in [-0.25, -0.2) is 4.79 Å². The molecule has 0 radical (unpaired) electrons. The van der Waals surface area contributed by atoms with Gasteiger partial charge in [0.05, 0.1) is 0 Å². The van der Waals surface area contributed by atoms with Crippen molar-refractivity contribution in [2.45, 2.75) is 25.5 Å². The highest BCUT2D eigenvalue weighted by Gasteiger charge is 2.29. The van der Waals surface area contributed by atoms with E-state index in [4.69, 9.17) is 10.8 Å². The molecule has 7 nitrogen and oxygen atoms in total. The molecule has 2 unspecified atom stereocenters. The van der Waals surface area contributed by atoms with Crippen LogP contribution >= 0.6 is 0 Å². The average Bonchev–Trinajstić information content (AvgIpc) is 2.28. The number of nitrogens with two attached hydrogens (primary N) is 1. The van der Waals surface area contributed by atoms with E-state index in [-0.39, 0.29) is 17.7 Å². The second-order valence-corrected chi connectivity index (χ2v) is 3.92. The third-order valence-corrected chi connectivity index (χ3v) is 2.46. The van der Waals surface area contributed by atoms with Crippen molar-refractivity contribution in [1.82, 2.24) is 5.32 Å². The van der Waals surface area contributed by atoms with Crippen LogP contribution in [-0.4, -0.2) is 40.0 Å². The molecule has 0 heterocycles. The number of ketones is 1. The molecule has 0 saturated carbocycles. The Labute approximate surface area is 103 Å². The molecule has 1 rings (SSSR count). The number of carboxylic acid groups (broad SMARTS) is 1. The Balaban J connectivity index is 2.85. The van der Waals surface area contributed by atoms with Crippen LogP contribution in [0.5, 0.6) is 0 Å². The van der Waals surface area contributed by atoms with E-state index in [1.54, 1.807) is 0 Å². The van der Waals surface area contributed by atoms with Crippen LogP contribution in [-0.2, 0) is 14.4 Å². The predicted octanol–water partition coefficient (Wildman–Crippen LogP) is -1.32. The third kappa shape index (κ3) is 3.17. The first-order valence-electron chi connectivity index (χ1n) is 5.21. The molecule has 1 aliphatic rings. The molecule has 0 fully saturated rings. The monoisotopic (exact) mass is 254 g/mol. The maximum atomic E-state index is 11.6. The topological polar surface area (TPSA) is 130 Å². The number of nitrogens with one attached hydrogen (secondary N) is 1. The maximum Gasteiger partial charge on any atom is 0.326 e. The van der Waals surface area contributed by atoms with Gasteiger partial charge in [0.25, 0.3) is 0 Å². The van der Waals surface area contributed by atoms with Gasteiger partial charge in [-0.3, -0.25) is 9.59 Å². The zero-order valence-corrected chi connectivity index (χ0v) is 9.71. The largest absolute Gasteiger partial charge is 0.480 e. The molecular formula is C11H14N2O5. The Bertz CT molecular complexity index is 452. The Kier molecular flexibility index (Phi) is 4.22. The van der Waals surface area contributed by atoms with Gasteiger partial charge in [0.1, 0.15) is 6.04 Å². The predicted molar refractivity (Wildman–Crippen MR) is 61.2 cm³/mol. The Morgan fingerprint density at radius 1 is 1.50 bits per heavy atom. The van der Waals surface area contributed by atoms with Gasteiger partial charge >= 0.3 is 5.97 Å². The number of hydrogen-bond acceptors (Lipinski definition) is 5. The lowest BCUT2D eigenvalue weighted by molar-refractivity contribution is -0.141. The minimum Gasteiger partial charge on any atom is -0.480 e. The molecule has 98 valence electrons. The summed E-state index contributed by atoms with van der Waals surface area (Å²) in [5.41, 5.74) is 5.48. The summed E-state index contributed by atoms with van der Waals surface area (Å²) in [5, 5.41) is 20.5. The summed E-state index contributed by atoms with van der Waals surface area (Å²) in [6.45, 7) is 1.18. The van der Waals surface area contributed by atoms with E-state index in [1.165, 1.54) is 19.1 Å². The molecular weight excluding hydrogens is 240 g/mol. The van der Waals surface area contributed by atoms with Crippen LogP contribution in [0.2, 0.25) is 0 Å². The van der Waals surface area contributed by atoms with Gasteiger partial charge in [-0.15, -0.1) is 0 Å². The minimum absolute atomic E-state index is 0.00940. The van der Waals surface area contributed by atoms with E-state index in [1.807, 2.05) is 0 Å². The molecule has 0 aromatic rings. The number of amides is 1. The van der Waals surface area contributed by atoms with E-state index < -0.39 is 29.8 Å². The summed E-state index contributed by atoms with van der Waals surface area (Å²) >= 11 is 0. The normalized spacial score (nSPS) is 20.8. The van der Waals surface area contributed by atoms with Gasteiger partial charge in [-0.05, 0) is 6.08 Å². The number of aliphatic hydroxyl groups excluding tert-OH is 1. The Morgan fingerprint density at radius 3 is 2.61 bits per heavy atom. The van der Waals surface area contributed by atoms with Gasteiger partial charge in [-0.2, -0.15) is 0 Å². The number of allylic oxidation sites excluding steroid dienone is 2. The number of rotatable bonds is 4. The SMILES string of the molecule is CC(=O)NC(CC1=CC=C(N)C(O)C1=O)C(=O)O. The van der Waals surface area contributed by atoms with E-state index in [9.17, 15) is 19.5 Å². The van der Waals surface area contributed by atoms with Crippen molar-refractivity contribution in [2.24, 2.45) is 5.73 Å². The second kappa shape index (κ2) is 5.46. The fraction of sp³-hybridized carbons (Fsp3) is 0.364. The van der Waals surface area contributed by atoms with Crippen LogP contribution in [0.1, 0.15) is 13.3 Å². The second-order valence-electron chi connectivity index (χ2n) is 3.92. The number of hydrogen-bond donors (Lipinski definition) is 4. The van der Waals surface area contributed by atoms with Crippen LogP contribution in [0.4, 0.5) is 0 Å². The quantitative estimate of drug-likeness (QED) is 0.492. The highest BCUT2D eigenvalue weighted by Crippen LogP contribution is 2.17. The van der Waals surface area contributed by atoms with Crippen molar-refractivity contribution in [3.05, 3.63) is 23.4 Å². The van der Waals surface area contributed by atoms with Crippen molar-refractivity contribution in [3.8, 4) is 0 Å². The van der Waals surface area contributed by atoms with Crippen LogP contribution in [0, 0.1) is 0 Å². The fourth-order valence-corrected chi connectivity index (χ4v) is 1.53. The number of aliphatic carboxylic acids is 1. The maximum absolute atomic E-state index is 11.6. The molecule has 1 amide bonds. The number of carbonyl (C=O) groups is 3. The van der Waals surface area contributed by atoms with Gasteiger partial charge in [0.15, 0.2) is 11.9 Å². The standard InChI is InChI=1S/C11H14N2O5/c1-5(14)13-8(11(17)18)4-6-2-3-7(12)10(16)9(6)15/h2-3,8,10,16H,4,12H2,1H3,(H,13,14)(H,17,18). The molecule has 2 atom stereocenters. The summed E-state index contributed by atoms with van der Waals surface area (Å²) in [6.07, 6.45) is 1.04. The van der Waals surface area contributed by atoms with E-state index in [0.29, 0.717) is 0 Å². The fourth-order valence-electron chi connectivity index (χ4n) is 1.53. The highest BCUT2D eigenvalue weighted by atomic mass is 16.4. The number of aliphatic hydroxyl groups is 1. The average molecular weight is 254 g/mol. The first-order chi connectivity index (χ1) is 8.32. The van der Waals surface area contributed by atoms with Crippen LogP contribution in [0.3, 0.4) is 0 Å². The smallest absolute Gasteiger partial charge is 0.326 e. The number of carbonyl (C=O) groups excluding carboxylic acids is 2. The van der Waals surface area contributed by atoms with Crippen molar-refractivity contribution in [2.75, 3.05) is 0 Å². The van der Waals surface area contributed by atoms with Gasteiger partial charge < -0.3 is 21.3 Å². The van der Waals surface area contributed by atoms with Crippen LogP contribution < -0.4 is 11.1 Å². The van der Waals surface area contributed by atoms with Crippen molar-refractivity contribution in [3.63, 3.8) is 0 Å². The van der Waals surface area contributed by atoms with E-state index in [0.717, 1.165) is 0 Å². The summed E-state index contributed by atoms with van der Waals surface area (Å²) in [7, 11) is 0. The van der Waals surface area contributed by atoms with Gasteiger partial charge in [0.2, 0.25) is 5.91 Å². The first kappa shape index (κ1) is 13.9. The summed E-state index contributed by atoms with van der Waals surface area (Å²) in [5.74, 6) is -2.41. The zero-order chi connectivity index (χ0) is 13.9. The molecule has 0 saturated heterocycles. The molecule has 1 aliphatic carbocycles. The van der Waals surface area contributed by atoms with Crippen molar-refractivity contribution in [1.29, 1.82) is 0 Å². The lowest BCUT2D eigenvalue weighted by atomic mass is 9.93. The molecule has 0 aromatic heterocycles. The zero-order valence-electron chi connectivity index (χ0n) is 9.71. The van der Waals surface area contributed by atoms with Gasteiger partial charge in [0, 0.05) is 24.6 Å². The van der Waals surface area contributed by atoms with Crippen molar-refractivity contribution >= 4 is 17.7 Å². The van der Waals surface area contributed by atoms with E-state index in [2.05, 4.69) is 5.32 Å². The summed E-state index contributed by atoms with van der Waals surface area (Å²) in [4.78, 5) is 33.4. The van der Waals surface area contributed by atoms with Gasteiger partial charge in [-0.1, -0.05) is 6.08 Å². The van der Waals surface area contributed by atoms with E-state index >= 15 is 0 Å². The summed E-state index contributed by atoms with van der Waals surface area (Å²) < 4.78 is 0. The number of Topliss-reactive ketones (excluding diaryl/α,β-unsaturated/α-hetero) is 1. The highest BCUT2D eigenvalue weighted by molar-refractivity contribution is 6.02. The Hall–Kier alpha value is -2.15. The van der Waals surface area contributed by atoms with Crippen LogP contribution in [0.15, 0.2) is 23.4 Å². The number of carboxylic acids is 1. The lowest BCUT2D eigenvalue weighted by Crippen LogP contribution is -2.41. The molecule has 5 N–H and O–H groups in total. The lowest BCUT2D eigenvalue weighted by Gasteiger charge is -2.19. The summed E-state index contributed by atoms with van der Waals surface area (Å²) in [6, 6.07) is -1.21. The molecule has 0 bridgehead atoms. The third-order valence-electron chi connectivity index (χ3n) is 2.46. The van der Waals surface area contributed by atoms with Crippen molar-refractivity contribution < 1.29 is 24.6 Å². The molecule has 0 spiro atoms.